The number of benzene rings is 2. The Morgan fingerprint density at radius 2 is 1.79 bits per heavy atom. The molecule has 0 aliphatic rings. The summed E-state index contributed by atoms with van der Waals surface area (Å²) in [5.74, 6) is -0.859. The number of rotatable bonds is 3. The predicted molar refractivity (Wildman–Crippen MR) is 73.1 cm³/mol. The van der Waals surface area contributed by atoms with Gasteiger partial charge in [0.15, 0.2) is 0 Å². The standard InChI is InChI=1S/C14H12BrF2NO/c1-19-12-6-5-8(15)7-9(12)14(18)13-10(16)3-2-4-11(13)17/h2-7,14H,18H2,1H3. The Hall–Kier alpha value is -1.46. The molecule has 0 spiro atoms. The first-order chi connectivity index (χ1) is 9.04. The van der Waals surface area contributed by atoms with Crippen LogP contribution in [0, 0.1) is 11.6 Å². The molecule has 0 radical (unpaired) electrons. The topological polar surface area (TPSA) is 35.2 Å². The molecule has 0 amide bonds. The van der Waals surface area contributed by atoms with Crippen LogP contribution in [-0.2, 0) is 0 Å². The van der Waals surface area contributed by atoms with E-state index in [0.717, 1.165) is 4.47 Å². The summed E-state index contributed by atoms with van der Waals surface area (Å²) in [4.78, 5) is 0. The first-order valence-electron chi connectivity index (χ1n) is 5.57. The van der Waals surface area contributed by atoms with E-state index in [1.165, 1.54) is 25.3 Å². The quantitative estimate of drug-likeness (QED) is 0.931. The van der Waals surface area contributed by atoms with Gasteiger partial charge in [-0.1, -0.05) is 22.0 Å². The van der Waals surface area contributed by atoms with E-state index in [9.17, 15) is 8.78 Å². The second-order valence-corrected chi connectivity index (χ2v) is 4.91. The summed E-state index contributed by atoms with van der Waals surface area (Å²) in [7, 11) is 1.48. The molecule has 0 fully saturated rings. The highest BCUT2D eigenvalue weighted by molar-refractivity contribution is 9.10. The highest BCUT2D eigenvalue weighted by atomic mass is 79.9. The first kappa shape index (κ1) is 14.0. The van der Waals surface area contributed by atoms with Crippen LogP contribution in [0.15, 0.2) is 40.9 Å². The van der Waals surface area contributed by atoms with Crippen LogP contribution in [0.2, 0.25) is 0 Å². The van der Waals surface area contributed by atoms with Crippen LogP contribution in [0.3, 0.4) is 0 Å². The Morgan fingerprint density at radius 1 is 1.16 bits per heavy atom. The van der Waals surface area contributed by atoms with Crippen LogP contribution in [-0.4, -0.2) is 7.11 Å². The third kappa shape index (κ3) is 2.77. The number of hydrogen-bond donors (Lipinski definition) is 1. The van der Waals surface area contributed by atoms with Gasteiger partial charge in [-0.3, -0.25) is 0 Å². The molecule has 19 heavy (non-hydrogen) atoms. The third-order valence-electron chi connectivity index (χ3n) is 2.84. The number of hydrogen-bond acceptors (Lipinski definition) is 2. The Morgan fingerprint density at radius 3 is 2.37 bits per heavy atom. The van der Waals surface area contributed by atoms with Gasteiger partial charge in [-0.05, 0) is 30.3 Å². The highest BCUT2D eigenvalue weighted by Gasteiger charge is 2.21. The van der Waals surface area contributed by atoms with E-state index in [1.807, 2.05) is 0 Å². The summed E-state index contributed by atoms with van der Waals surface area (Å²) in [6.45, 7) is 0. The van der Waals surface area contributed by atoms with Crippen molar-refractivity contribution in [2.75, 3.05) is 7.11 Å². The van der Waals surface area contributed by atoms with Crippen molar-refractivity contribution < 1.29 is 13.5 Å². The monoisotopic (exact) mass is 327 g/mol. The highest BCUT2D eigenvalue weighted by Crippen LogP contribution is 2.33. The molecular weight excluding hydrogens is 316 g/mol. The number of halogens is 3. The van der Waals surface area contributed by atoms with Crippen molar-refractivity contribution in [1.82, 2.24) is 0 Å². The normalized spacial score (nSPS) is 12.3. The molecule has 0 aliphatic heterocycles. The van der Waals surface area contributed by atoms with Crippen LogP contribution in [0.5, 0.6) is 5.75 Å². The van der Waals surface area contributed by atoms with Crippen molar-refractivity contribution in [1.29, 1.82) is 0 Å². The lowest BCUT2D eigenvalue weighted by Gasteiger charge is -2.17. The average molecular weight is 328 g/mol. The van der Waals surface area contributed by atoms with Crippen molar-refractivity contribution in [3.63, 3.8) is 0 Å². The van der Waals surface area contributed by atoms with E-state index < -0.39 is 17.7 Å². The van der Waals surface area contributed by atoms with Gasteiger partial charge < -0.3 is 10.5 Å². The fourth-order valence-corrected chi connectivity index (χ4v) is 2.29. The summed E-state index contributed by atoms with van der Waals surface area (Å²) in [6, 6.07) is 7.89. The smallest absolute Gasteiger partial charge is 0.131 e. The van der Waals surface area contributed by atoms with E-state index in [4.69, 9.17) is 10.5 Å². The van der Waals surface area contributed by atoms with Crippen LogP contribution in [0.4, 0.5) is 8.78 Å². The van der Waals surface area contributed by atoms with Crippen LogP contribution in [0.25, 0.3) is 0 Å². The molecule has 0 bridgehead atoms. The minimum Gasteiger partial charge on any atom is -0.496 e. The van der Waals surface area contributed by atoms with Gasteiger partial charge in [0.05, 0.1) is 13.2 Å². The molecule has 0 saturated heterocycles. The summed E-state index contributed by atoms with van der Waals surface area (Å²) in [6.07, 6.45) is 0. The largest absolute Gasteiger partial charge is 0.496 e. The Balaban J connectivity index is 2.55. The SMILES string of the molecule is COc1ccc(Br)cc1C(N)c1c(F)cccc1F. The van der Waals surface area contributed by atoms with Crippen molar-refractivity contribution in [3.05, 3.63) is 63.6 Å². The van der Waals surface area contributed by atoms with Crippen molar-refractivity contribution in [3.8, 4) is 5.75 Å². The summed E-state index contributed by atoms with van der Waals surface area (Å²) >= 11 is 3.30. The van der Waals surface area contributed by atoms with Crippen molar-refractivity contribution in [2.24, 2.45) is 5.73 Å². The maximum Gasteiger partial charge on any atom is 0.131 e. The summed E-state index contributed by atoms with van der Waals surface area (Å²) < 4.78 is 33.4. The minimum atomic E-state index is -0.936. The molecule has 1 unspecified atom stereocenters. The first-order valence-corrected chi connectivity index (χ1v) is 6.37. The zero-order valence-corrected chi connectivity index (χ0v) is 11.7. The lowest BCUT2D eigenvalue weighted by Crippen LogP contribution is -2.16. The maximum atomic E-state index is 13.8. The fraction of sp³-hybridized carbons (Fsp3) is 0.143. The molecule has 2 aromatic rings. The average Bonchev–Trinajstić information content (AvgIpc) is 2.38. The predicted octanol–water partition coefficient (Wildman–Crippen LogP) is 3.78. The summed E-state index contributed by atoms with van der Waals surface area (Å²) in [5, 5.41) is 0. The third-order valence-corrected chi connectivity index (χ3v) is 3.33. The van der Waals surface area contributed by atoms with E-state index in [1.54, 1.807) is 18.2 Å². The zero-order chi connectivity index (χ0) is 14.0. The van der Waals surface area contributed by atoms with Gasteiger partial charge >= 0.3 is 0 Å². The molecule has 0 aliphatic carbocycles. The van der Waals surface area contributed by atoms with Gasteiger partial charge in [0.25, 0.3) is 0 Å². The molecule has 0 heterocycles. The number of ether oxygens (including phenoxy) is 1. The van der Waals surface area contributed by atoms with Gasteiger partial charge in [-0.25, -0.2) is 8.78 Å². The van der Waals surface area contributed by atoms with Crippen molar-refractivity contribution >= 4 is 15.9 Å². The van der Waals surface area contributed by atoms with Crippen LogP contribution >= 0.6 is 15.9 Å². The minimum absolute atomic E-state index is 0.168. The number of nitrogens with two attached hydrogens (primary N) is 1. The van der Waals surface area contributed by atoms with E-state index in [0.29, 0.717) is 11.3 Å². The molecule has 2 aromatic carbocycles. The Labute approximate surface area is 118 Å². The summed E-state index contributed by atoms with van der Waals surface area (Å²) in [5.41, 5.74) is 6.33. The van der Waals surface area contributed by atoms with Gasteiger partial charge in [0.1, 0.15) is 17.4 Å². The molecule has 2 nitrogen and oxygen atoms in total. The van der Waals surface area contributed by atoms with Crippen molar-refractivity contribution in [2.45, 2.75) is 6.04 Å². The molecule has 0 saturated carbocycles. The van der Waals surface area contributed by atoms with E-state index in [-0.39, 0.29) is 5.56 Å². The van der Waals surface area contributed by atoms with Gasteiger partial charge in [-0.15, -0.1) is 0 Å². The molecule has 2 rings (SSSR count). The number of methoxy groups -OCH3 is 1. The van der Waals surface area contributed by atoms with Gasteiger partial charge in [0, 0.05) is 15.6 Å². The Kier molecular flexibility index (Phi) is 4.17. The molecule has 2 N–H and O–H groups in total. The van der Waals surface area contributed by atoms with E-state index >= 15 is 0 Å². The lowest BCUT2D eigenvalue weighted by atomic mass is 9.98. The van der Waals surface area contributed by atoms with Gasteiger partial charge in [-0.2, -0.15) is 0 Å². The van der Waals surface area contributed by atoms with Crippen LogP contribution in [0.1, 0.15) is 17.2 Å². The lowest BCUT2D eigenvalue weighted by molar-refractivity contribution is 0.406. The zero-order valence-electron chi connectivity index (χ0n) is 10.2. The Bertz CT molecular complexity index is 584. The molecule has 100 valence electrons. The molecular formula is C14H12BrF2NO. The van der Waals surface area contributed by atoms with E-state index in [2.05, 4.69) is 15.9 Å². The fourth-order valence-electron chi connectivity index (χ4n) is 1.91. The van der Waals surface area contributed by atoms with Gasteiger partial charge in [0.2, 0.25) is 0 Å². The maximum absolute atomic E-state index is 13.8. The second-order valence-electron chi connectivity index (χ2n) is 4.00. The van der Waals surface area contributed by atoms with Crippen LogP contribution < -0.4 is 10.5 Å². The second kappa shape index (κ2) is 5.67. The molecule has 5 heteroatoms. The molecule has 0 aromatic heterocycles. The molecule has 1 atom stereocenters.